The van der Waals surface area contributed by atoms with Crippen molar-refractivity contribution in [2.45, 2.75) is 45.6 Å². The van der Waals surface area contributed by atoms with E-state index in [0.717, 1.165) is 23.7 Å². The van der Waals surface area contributed by atoms with Crippen LogP contribution in [0.2, 0.25) is 0 Å². The number of amides is 1. The molecule has 0 saturated heterocycles. The third kappa shape index (κ3) is 2.89. The average molecular weight is 285 g/mol. The Kier molecular flexibility index (Phi) is 3.40. The summed E-state index contributed by atoms with van der Waals surface area (Å²) in [5, 5.41) is 4.08. The Balaban J connectivity index is 1.79. The number of aromatic nitrogens is 1. The van der Waals surface area contributed by atoms with Gasteiger partial charge in [-0.2, -0.15) is 0 Å². The highest BCUT2D eigenvalue weighted by Crippen LogP contribution is 2.35. The normalized spacial score (nSPS) is 21.3. The van der Waals surface area contributed by atoms with Crippen LogP contribution >= 0.6 is 0 Å². The summed E-state index contributed by atoms with van der Waals surface area (Å²) in [5.41, 5.74) is 8.45. The van der Waals surface area contributed by atoms with E-state index in [4.69, 9.17) is 5.73 Å². The van der Waals surface area contributed by atoms with Gasteiger partial charge in [-0.05, 0) is 42.9 Å². The lowest BCUT2D eigenvalue weighted by Gasteiger charge is -2.35. The Morgan fingerprint density at radius 2 is 2.24 bits per heavy atom. The summed E-state index contributed by atoms with van der Waals surface area (Å²) in [6.07, 6.45) is 6.30. The molecule has 21 heavy (non-hydrogen) atoms. The van der Waals surface area contributed by atoms with Gasteiger partial charge in [0, 0.05) is 28.8 Å². The highest BCUT2D eigenvalue weighted by atomic mass is 16.1. The number of H-pyrrole nitrogens is 1. The third-order valence-corrected chi connectivity index (χ3v) is 4.49. The molecule has 1 aliphatic rings. The van der Waals surface area contributed by atoms with Crippen LogP contribution in [0.25, 0.3) is 10.9 Å². The lowest BCUT2D eigenvalue weighted by Crippen LogP contribution is -2.40. The Hall–Kier alpha value is -1.97. The van der Waals surface area contributed by atoms with Crippen molar-refractivity contribution in [1.82, 2.24) is 10.3 Å². The van der Waals surface area contributed by atoms with Crippen LogP contribution in [0.1, 0.15) is 49.9 Å². The first-order valence-corrected chi connectivity index (χ1v) is 7.62. The molecule has 3 rings (SSSR count). The molecule has 1 saturated carbocycles. The van der Waals surface area contributed by atoms with Crippen LogP contribution in [-0.4, -0.2) is 16.9 Å². The van der Waals surface area contributed by atoms with E-state index in [9.17, 15) is 4.79 Å². The van der Waals surface area contributed by atoms with Crippen LogP contribution in [0.5, 0.6) is 0 Å². The molecule has 4 nitrogen and oxygen atoms in total. The van der Waals surface area contributed by atoms with Gasteiger partial charge in [-0.15, -0.1) is 0 Å². The minimum atomic E-state index is -0.00505. The molecular weight excluding hydrogens is 262 g/mol. The van der Waals surface area contributed by atoms with E-state index < -0.39 is 0 Å². The number of aromatic amines is 1. The monoisotopic (exact) mass is 285 g/mol. The molecule has 1 unspecified atom stereocenters. The third-order valence-electron chi connectivity index (χ3n) is 4.49. The van der Waals surface area contributed by atoms with Crippen molar-refractivity contribution in [3.05, 3.63) is 30.0 Å². The summed E-state index contributed by atoms with van der Waals surface area (Å²) in [4.78, 5) is 15.7. The molecule has 1 amide bonds. The number of nitrogens with two attached hydrogens (primary N) is 1. The lowest BCUT2D eigenvalue weighted by molar-refractivity contribution is 0.0904. The standard InChI is InChI=1S/C17H23N3O/c1-17(2)7-3-4-12(9-17)20-16(21)14-10-19-15-6-5-11(18)8-13(14)15/h5-6,8,10,12,19H,3-4,7,9,18H2,1-2H3,(H,20,21). The maximum absolute atomic E-state index is 12.5. The lowest BCUT2D eigenvalue weighted by atomic mass is 9.75. The largest absolute Gasteiger partial charge is 0.399 e. The zero-order valence-corrected chi connectivity index (χ0v) is 12.7. The molecule has 1 aliphatic carbocycles. The van der Waals surface area contributed by atoms with Crippen molar-refractivity contribution in [1.29, 1.82) is 0 Å². The van der Waals surface area contributed by atoms with Gasteiger partial charge in [0.15, 0.2) is 0 Å². The Bertz CT molecular complexity index is 672. The quantitative estimate of drug-likeness (QED) is 0.740. The van der Waals surface area contributed by atoms with Gasteiger partial charge in [0.25, 0.3) is 5.91 Å². The summed E-state index contributed by atoms with van der Waals surface area (Å²) < 4.78 is 0. The number of carbonyl (C=O) groups excluding carboxylic acids is 1. The number of rotatable bonds is 2. The van der Waals surface area contributed by atoms with Crippen molar-refractivity contribution in [3.63, 3.8) is 0 Å². The SMILES string of the molecule is CC1(C)CCCC(NC(=O)c2c[nH]c3ccc(N)cc23)C1. The first-order valence-electron chi connectivity index (χ1n) is 7.62. The average Bonchev–Trinajstić information content (AvgIpc) is 2.80. The molecule has 0 aliphatic heterocycles. The van der Waals surface area contributed by atoms with Crippen LogP contribution in [0.4, 0.5) is 5.69 Å². The first-order chi connectivity index (χ1) is 9.94. The fourth-order valence-corrected chi connectivity index (χ4v) is 3.41. The first kappa shape index (κ1) is 14.0. The van der Waals surface area contributed by atoms with Crippen molar-refractivity contribution < 1.29 is 4.79 Å². The molecule has 0 bridgehead atoms. The second-order valence-electron chi connectivity index (χ2n) is 6.94. The van der Waals surface area contributed by atoms with Gasteiger partial charge in [-0.1, -0.05) is 20.3 Å². The maximum atomic E-state index is 12.5. The smallest absolute Gasteiger partial charge is 0.253 e. The van der Waals surface area contributed by atoms with Gasteiger partial charge in [0.2, 0.25) is 0 Å². The number of carbonyl (C=O) groups is 1. The molecule has 1 aromatic carbocycles. The van der Waals surface area contributed by atoms with Gasteiger partial charge in [0.05, 0.1) is 5.56 Å². The van der Waals surface area contributed by atoms with Crippen LogP contribution < -0.4 is 11.1 Å². The zero-order valence-electron chi connectivity index (χ0n) is 12.7. The predicted molar refractivity (Wildman–Crippen MR) is 86.2 cm³/mol. The molecule has 4 N–H and O–H groups in total. The van der Waals surface area contributed by atoms with Gasteiger partial charge in [-0.25, -0.2) is 0 Å². The highest BCUT2D eigenvalue weighted by Gasteiger charge is 2.29. The minimum Gasteiger partial charge on any atom is -0.399 e. The highest BCUT2D eigenvalue weighted by molar-refractivity contribution is 6.07. The summed E-state index contributed by atoms with van der Waals surface area (Å²) >= 11 is 0. The number of nitrogen functional groups attached to an aromatic ring is 1. The molecule has 2 aromatic rings. The summed E-state index contributed by atoms with van der Waals surface area (Å²) in [6, 6.07) is 5.87. The molecule has 0 radical (unpaired) electrons. The van der Waals surface area contributed by atoms with Crippen LogP contribution in [-0.2, 0) is 0 Å². The minimum absolute atomic E-state index is 0.00505. The molecule has 4 heteroatoms. The van der Waals surface area contributed by atoms with Gasteiger partial charge < -0.3 is 16.0 Å². The molecular formula is C17H23N3O. The van der Waals surface area contributed by atoms with Crippen LogP contribution in [0.3, 0.4) is 0 Å². The van der Waals surface area contributed by atoms with Crippen molar-refractivity contribution in [2.24, 2.45) is 5.41 Å². The molecule has 0 spiro atoms. The second-order valence-corrected chi connectivity index (χ2v) is 6.94. The number of nitrogens with one attached hydrogen (secondary N) is 2. The zero-order chi connectivity index (χ0) is 15.0. The van der Waals surface area contributed by atoms with E-state index in [2.05, 4.69) is 24.1 Å². The van der Waals surface area contributed by atoms with Crippen molar-refractivity contribution in [3.8, 4) is 0 Å². The second kappa shape index (κ2) is 5.10. The van der Waals surface area contributed by atoms with Gasteiger partial charge in [0.1, 0.15) is 0 Å². The Labute approximate surface area is 125 Å². The Morgan fingerprint density at radius 1 is 1.43 bits per heavy atom. The van der Waals surface area contributed by atoms with E-state index in [1.165, 1.54) is 12.8 Å². The van der Waals surface area contributed by atoms with Crippen LogP contribution in [0, 0.1) is 5.41 Å². The molecule has 1 fully saturated rings. The summed E-state index contributed by atoms with van der Waals surface area (Å²) in [7, 11) is 0. The number of anilines is 1. The van der Waals surface area contributed by atoms with E-state index in [0.29, 0.717) is 16.7 Å². The van der Waals surface area contributed by atoms with E-state index >= 15 is 0 Å². The summed E-state index contributed by atoms with van der Waals surface area (Å²) in [5.74, 6) is -0.00505. The fraction of sp³-hybridized carbons (Fsp3) is 0.471. The van der Waals surface area contributed by atoms with Crippen molar-refractivity contribution in [2.75, 3.05) is 5.73 Å². The Morgan fingerprint density at radius 3 is 3.00 bits per heavy atom. The van der Waals surface area contributed by atoms with E-state index in [1.807, 2.05) is 18.2 Å². The number of hydrogen-bond donors (Lipinski definition) is 3. The molecule has 112 valence electrons. The maximum Gasteiger partial charge on any atom is 0.253 e. The topological polar surface area (TPSA) is 70.9 Å². The van der Waals surface area contributed by atoms with Crippen molar-refractivity contribution >= 4 is 22.5 Å². The van der Waals surface area contributed by atoms with Crippen LogP contribution in [0.15, 0.2) is 24.4 Å². The fourth-order valence-electron chi connectivity index (χ4n) is 3.41. The van der Waals surface area contributed by atoms with E-state index in [-0.39, 0.29) is 11.9 Å². The number of benzene rings is 1. The van der Waals surface area contributed by atoms with Gasteiger partial charge >= 0.3 is 0 Å². The molecule has 1 aromatic heterocycles. The molecule has 1 atom stereocenters. The predicted octanol–water partition coefficient (Wildman–Crippen LogP) is 3.45. The van der Waals surface area contributed by atoms with E-state index in [1.54, 1.807) is 6.20 Å². The van der Waals surface area contributed by atoms with Gasteiger partial charge in [-0.3, -0.25) is 4.79 Å². The molecule has 1 heterocycles. The summed E-state index contributed by atoms with van der Waals surface area (Å²) in [6.45, 7) is 4.55. The number of fused-ring (bicyclic) bond motifs is 1. The number of hydrogen-bond acceptors (Lipinski definition) is 2.